The molecule has 3 rings (SSSR count). The Morgan fingerprint density at radius 2 is 1.75 bits per heavy atom. The van der Waals surface area contributed by atoms with Crippen molar-refractivity contribution >= 4 is 16.8 Å². The third kappa shape index (κ3) is 2.26. The van der Waals surface area contributed by atoms with Gasteiger partial charge >= 0.3 is 0 Å². The first-order valence-corrected chi connectivity index (χ1v) is 6.41. The molecule has 0 bridgehead atoms. The molecule has 1 heterocycles. The number of aryl methyl sites for hydroxylation is 1. The molecule has 0 spiro atoms. The quantitative estimate of drug-likeness (QED) is 0.770. The fourth-order valence-electron chi connectivity index (χ4n) is 2.21. The highest BCUT2D eigenvalue weighted by Gasteiger charge is 2.04. The largest absolute Gasteiger partial charge is 0.366 e. The van der Waals surface area contributed by atoms with Crippen LogP contribution in [-0.4, -0.2) is 10.9 Å². The molecule has 0 fully saturated rings. The van der Waals surface area contributed by atoms with Crippen molar-refractivity contribution in [3.05, 3.63) is 65.7 Å². The van der Waals surface area contributed by atoms with Crippen LogP contribution >= 0.6 is 0 Å². The van der Waals surface area contributed by atoms with E-state index in [4.69, 9.17) is 5.73 Å². The van der Waals surface area contributed by atoms with Crippen molar-refractivity contribution in [3.63, 3.8) is 0 Å². The van der Waals surface area contributed by atoms with Gasteiger partial charge in [0.2, 0.25) is 5.91 Å². The molecule has 2 N–H and O–H groups in total. The minimum Gasteiger partial charge on any atom is -0.366 e. The Labute approximate surface area is 117 Å². The number of primary amides is 1. The molecule has 0 aliphatic heterocycles. The molecule has 0 unspecified atom stereocenters. The van der Waals surface area contributed by atoms with Crippen molar-refractivity contribution in [2.45, 2.75) is 6.92 Å². The van der Waals surface area contributed by atoms with E-state index >= 15 is 0 Å². The van der Waals surface area contributed by atoms with Crippen LogP contribution in [0, 0.1) is 6.92 Å². The molecule has 1 amide bonds. The molecule has 1 aromatic heterocycles. The molecular formula is C17H14N2O. The number of carbonyl (C=O) groups excluding carboxylic acids is 1. The zero-order chi connectivity index (χ0) is 14.1. The fraction of sp³-hybridized carbons (Fsp3) is 0.0588. The maximum Gasteiger partial charge on any atom is 0.248 e. The summed E-state index contributed by atoms with van der Waals surface area (Å²) in [5.41, 5.74) is 9.78. The van der Waals surface area contributed by atoms with Gasteiger partial charge < -0.3 is 5.73 Å². The van der Waals surface area contributed by atoms with Crippen molar-refractivity contribution in [3.8, 4) is 11.3 Å². The Kier molecular flexibility index (Phi) is 2.95. The van der Waals surface area contributed by atoms with Crippen molar-refractivity contribution in [2.24, 2.45) is 5.73 Å². The lowest BCUT2D eigenvalue weighted by Crippen LogP contribution is -2.10. The summed E-state index contributed by atoms with van der Waals surface area (Å²) >= 11 is 0. The molecule has 0 saturated carbocycles. The summed E-state index contributed by atoms with van der Waals surface area (Å²) in [6.07, 6.45) is 0. The van der Waals surface area contributed by atoms with Crippen LogP contribution in [0.25, 0.3) is 22.2 Å². The number of aromatic nitrogens is 1. The fourth-order valence-corrected chi connectivity index (χ4v) is 2.21. The molecular weight excluding hydrogens is 248 g/mol. The summed E-state index contributed by atoms with van der Waals surface area (Å²) < 4.78 is 0. The number of rotatable bonds is 2. The highest BCUT2D eigenvalue weighted by atomic mass is 16.1. The number of amides is 1. The van der Waals surface area contributed by atoms with Crippen LogP contribution in [0.1, 0.15) is 15.9 Å². The number of hydrogen-bond acceptors (Lipinski definition) is 2. The number of carbonyl (C=O) groups is 1. The Hall–Kier alpha value is -2.68. The number of nitrogens with zero attached hydrogens (tertiary/aromatic N) is 1. The Morgan fingerprint density at radius 3 is 2.45 bits per heavy atom. The standard InChI is InChI=1S/C17H14N2O/c1-11-2-8-16-14(10-11)7-9-15(19-16)12-3-5-13(6-4-12)17(18)20/h2-10H,1H3,(H2,18,20). The van der Waals surface area contributed by atoms with E-state index in [0.29, 0.717) is 5.56 Å². The van der Waals surface area contributed by atoms with E-state index in [1.807, 2.05) is 24.3 Å². The molecule has 2 aromatic carbocycles. The first-order chi connectivity index (χ1) is 9.63. The molecule has 0 aliphatic carbocycles. The molecule has 3 aromatic rings. The van der Waals surface area contributed by atoms with E-state index in [-0.39, 0.29) is 0 Å². The van der Waals surface area contributed by atoms with Gasteiger partial charge in [-0.2, -0.15) is 0 Å². The summed E-state index contributed by atoms with van der Waals surface area (Å²) in [6.45, 7) is 2.07. The molecule has 0 atom stereocenters. The van der Waals surface area contributed by atoms with Gasteiger partial charge in [0.1, 0.15) is 0 Å². The van der Waals surface area contributed by atoms with Gasteiger partial charge in [-0.05, 0) is 37.3 Å². The molecule has 3 nitrogen and oxygen atoms in total. The minimum atomic E-state index is -0.418. The summed E-state index contributed by atoms with van der Waals surface area (Å²) in [4.78, 5) is 15.7. The molecule has 0 saturated heterocycles. The van der Waals surface area contributed by atoms with Gasteiger partial charge in [0.25, 0.3) is 0 Å². The zero-order valence-corrected chi connectivity index (χ0v) is 11.1. The molecule has 0 aliphatic rings. The van der Waals surface area contributed by atoms with E-state index in [1.54, 1.807) is 12.1 Å². The van der Waals surface area contributed by atoms with Crippen molar-refractivity contribution < 1.29 is 4.79 Å². The lowest BCUT2D eigenvalue weighted by molar-refractivity contribution is 0.100. The summed E-state index contributed by atoms with van der Waals surface area (Å²) in [5.74, 6) is -0.418. The van der Waals surface area contributed by atoms with Gasteiger partial charge in [0.15, 0.2) is 0 Å². The Bertz CT molecular complexity index is 792. The monoisotopic (exact) mass is 262 g/mol. The normalized spacial score (nSPS) is 10.7. The number of benzene rings is 2. The average Bonchev–Trinajstić information content (AvgIpc) is 2.47. The number of nitrogens with two attached hydrogens (primary N) is 1. The summed E-state index contributed by atoms with van der Waals surface area (Å²) in [5, 5.41) is 1.13. The van der Waals surface area contributed by atoms with Crippen molar-refractivity contribution in [1.29, 1.82) is 0 Å². The van der Waals surface area contributed by atoms with Gasteiger partial charge in [-0.3, -0.25) is 4.79 Å². The smallest absolute Gasteiger partial charge is 0.248 e. The molecule has 3 heteroatoms. The molecule has 0 radical (unpaired) electrons. The van der Waals surface area contributed by atoms with E-state index in [9.17, 15) is 4.79 Å². The van der Waals surface area contributed by atoms with Crippen molar-refractivity contribution in [1.82, 2.24) is 4.98 Å². The zero-order valence-electron chi connectivity index (χ0n) is 11.1. The topological polar surface area (TPSA) is 56.0 Å². The number of hydrogen-bond donors (Lipinski definition) is 1. The van der Waals surface area contributed by atoms with E-state index in [2.05, 4.69) is 30.1 Å². The van der Waals surface area contributed by atoms with Crippen LogP contribution in [-0.2, 0) is 0 Å². The summed E-state index contributed by atoms with van der Waals surface area (Å²) in [7, 11) is 0. The van der Waals surface area contributed by atoms with E-state index < -0.39 is 5.91 Å². The molecule has 98 valence electrons. The first kappa shape index (κ1) is 12.4. The Balaban J connectivity index is 2.05. The van der Waals surface area contributed by atoms with Crippen LogP contribution in [0.15, 0.2) is 54.6 Å². The lowest BCUT2D eigenvalue weighted by Gasteiger charge is -2.05. The van der Waals surface area contributed by atoms with Gasteiger partial charge in [0.05, 0.1) is 11.2 Å². The SMILES string of the molecule is Cc1ccc2nc(-c3ccc(C(N)=O)cc3)ccc2c1. The van der Waals surface area contributed by atoms with E-state index in [1.165, 1.54) is 5.56 Å². The van der Waals surface area contributed by atoms with Gasteiger partial charge in [-0.25, -0.2) is 4.98 Å². The highest BCUT2D eigenvalue weighted by molar-refractivity contribution is 5.93. The maximum atomic E-state index is 11.1. The van der Waals surface area contributed by atoms with Gasteiger partial charge in [-0.15, -0.1) is 0 Å². The lowest BCUT2D eigenvalue weighted by atomic mass is 10.1. The number of pyridine rings is 1. The third-order valence-electron chi connectivity index (χ3n) is 3.31. The molecule has 20 heavy (non-hydrogen) atoms. The van der Waals surface area contributed by atoms with Crippen LogP contribution in [0.4, 0.5) is 0 Å². The van der Waals surface area contributed by atoms with Crippen LogP contribution in [0.5, 0.6) is 0 Å². The number of fused-ring (bicyclic) bond motifs is 1. The van der Waals surface area contributed by atoms with Crippen molar-refractivity contribution in [2.75, 3.05) is 0 Å². The second kappa shape index (κ2) is 4.78. The van der Waals surface area contributed by atoms with Crippen LogP contribution in [0.2, 0.25) is 0 Å². The Morgan fingerprint density at radius 1 is 1.00 bits per heavy atom. The highest BCUT2D eigenvalue weighted by Crippen LogP contribution is 2.22. The minimum absolute atomic E-state index is 0.418. The average molecular weight is 262 g/mol. The second-order valence-electron chi connectivity index (χ2n) is 4.83. The maximum absolute atomic E-state index is 11.1. The predicted octanol–water partition coefficient (Wildman–Crippen LogP) is 3.31. The van der Waals surface area contributed by atoms with Gasteiger partial charge in [0, 0.05) is 16.5 Å². The second-order valence-corrected chi connectivity index (χ2v) is 4.83. The van der Waals surface area contributed by atoms with Gasteiger partial charge in [-0.1, -0.05) is 29.8 Å². The first-order valence-electron chi connectivity index (χ1n) is 6.41. The third-order valence-corrected chi connectivity index (χ3v) is 3.31. The van der Waals surface area contributed by atoms with Crippen LogP contribution in [0.3, 0.4) is 0 Å². The van der Waals surface area contributed by atoms with Crippen LogP contribution < -0.4 is 5.73 Å². The summed E-state index contributed by atoms with van der Waals surface area (Å²) in [6, 6.07) is 17.4. The van der Waals surface area contributed by atoms with E-state index in [0.717, 1.165) is 22.2 Å². The predicted molar refractivity (Wildman–Crippen MR) is 80.4 cm³/mol.